The fraction of sp³-hybridized carbons (Fsp3) is 0.400. The molecule has 1 fully saturated rings. The second-order valence-corrected chi connectivity index (χ2v) is 7.41. The van der Waals surface area contributed by atoms with Gasteiger partial charge in [-0.05, 0) is 48.2 Å². The number of nitrogens with zero attached hydrogens (tertiary/aromatic N) is 1. The van der Waals surface area contributed by atoms with Gasteiger partial charge in [-0.3, -0.25) is 0 Å². The highest BCUT2D eigenvalue weighted by atomic mass is 35.5. The molecule has 0 amide bonds. The molecule has 0 radical (unpaired) electrons. The van der Waals surface area contributed by atoms with Crippen molar-refractivity contribution in [2.75, 3.05) is 19.6 Å². The summed E-state index contributed by atoms with van der Waals surface area (Å²) < 4.78 is 38.1. The zero-order valence-electron chi connectivity index (χ0n) is 14.6. The maximum Gasteiger partial charge on any atom is 0.416 e. The van der Waals surface area contributed by atoms with Crippen LogP contribution in [0.5, 0.6) is 0 Å². The number of alkyl halides is 3. The number of halogens is 4. The first-order valence-corrected chi connectivity index (χ1v) is 9.11. The van der Waals surface area contributed by atoms with Gasteiger partial charge in [0.25, 0.3) is 0 Å². The van der Waals surface area contributed by atoms with Crippen LogP contribution in [-0.4, -0.2) is 34.7 Å². The molecule has 3 nitrogen and oxygen atoms in total. The van der Waals surface area contributed by atoms with Crippen LogP contribution in [0.15, 0.2) is 48.5 Å². The third-order valence-corrected chi connectivity index (χ3v) is 5.37. The molecule has 1 aliphatic heterocycles. The molecule has 0 saturated carbocycles. The first-order chi connectivity index (χ1) is 12.7. The van der Waals surface area contributed by atoms with Crippen LogP contribution in [0.2, 0.25) is 5.02 Å². The van der Waals surface area contributed by atoms with E-state index in [1.807, 2.05) is 4.90 Å². The van der Waals surface area contributed by atoms with E-state index in [2.05, 4.69) is 0 Å². The predicted octanol–water partition coefficient (Wildman–Crippen LogP) is 4.38. The molecule has 1 saturated heterocycles. The van der Waals surface area contributed by atoms with Crippen LogP contribution < -0.4 is 0 Å². The lowest BCUT2D eigenvalue weighted by Crippen LogP contribution is -2.44. The minimum absolute atomic E-state index is 0.395. The van der Waals surface area contributed by atoms with Gasteiger partial charge in [-0.25, -0.2) is 0 Å². The number of aliphatic hydroxyl groups is 2. The van der Waals surface area contributed by atoms with Gasteiger partial charge >= 0.3 is 6.18 Å². The second kappa shape index (κ2) is 7.80. The summed E-state index contributed by atoms with van der Waals surface area (Å²) in [5, 5.41) is 21.8. The normalized spacial score (nSPS) is 19.0. The molecule has 0 spiro atoms. The summed E-state index contributed by atoms with van der Waals surface area (Å²) in [6.45, 7) is 1.51. The molecule has 1 heterocycles. The number of piperidine rings is 1. The summed E-state index contributed by atoms with van der Waals surface area (Å²) in [4.78, 5) is 2.04. The molecule has 146 valence electrons. The summed E-state index contributed by atoms with van der Waals surface area (Å²) >= 11 is 5.85. The smallest absolute Gasteiger partial charge is 0.387 e. The Labute approximate surface area is 161 Å². The quantitative estimate of drug-likeness (QED) is 0.802. The lowest BCUT2D eigenvalue weighted by molar-refractivity contribution is -0.137. The minimum Gasteiger partial charge on any atom is -0.387 e. The standard InChI is InChI=1S/C20H21ClF3NO2/c21-17-7-1-14(2-8-17)18(26)13-25-11-9-19(27,10-12-25)15-3-5-16(6-4-15)20(22,23)24/h1-8,18,26-27H,9-13H2. The van der Waals surface area contributed by atoms with Crippen LogP contribution in [0, 0.1) is 0 Å². The largest absolute Gasteiger partial charge is 0.416 e. The molecule has 0 aromatic heterocycles. The van der Waals surface area contributed by atoms with Crippen molar-refractivity contribution >= 4 is 11.6 Å². The van der Waals surface area contributed by atoms with E-state index in [0.717, 1.165) is 17.7 Å². The third kappa shape index (κ3) is 4.82. The van der Waals surface area contributed by atoms with Crippen LogP contribution in [-0.2, 0) is 11.8 Å². The number of benzene rings is 2. The van der Waals surface area contributed by atoms with E-state index in [9.17, 15) is 23.4 Å². The van der Waals surface area contributed by atoms with Gasteiger partial charge in [0.15, 0.2) is 0 Å². The number of aliphatic hydroxyl groups excluding tert-OH is 1. The molecule has 2 N–H and O–H groups in total. The molecule has 1 unspecified atom stereocenters. The lowest BCUT2D eigenvalue weighted by Gasteiger charge is -2.39. The minimum atomic E-state index is -4.39. The van der Waals surface area contributed by atoms with E-state index in [4.69, 9.17) is 11.6 Å². The molecule has 2 aromatic carbocycles. The van der Waals surface area contributed by atoms with Crippen LogP contribution in [0.3, 0.4) is 0 Å². The first-order valence-electron chi connectivity index (χ1n) is 8.73. The Morgan fingerprint density at radius 3 is 2.07 bits per heavy atom. The highest BCUT2D eigenvalue weighted by Crippen LogP contribution is 2.36. The Bertz CT molecular complexity index is 754. The van der Waals surface area contributed by atoms with Gasteiger partial charge < -0.3 is 15.1 Å². The average molecular weight is 400 g/mol. The van der Waals surface area contributed by atoms with Crippen molar-refractivity contribution in [1.29, 1.82) is 0 Å². The topological polar surface area (TPSA) is 43.7 Å². The van der Waals surface area contributed by atoms with Crippen LogP contribution in [0.1, 0.15) is 35.6 Å². The number of β-amino-alcohol motifs (C(OH)–C–C–N with tert-alkyl or cyclic N) is 1. The van der Waals surface area contributed by atoms with Gasteiger partial charge in [0, 0.05) is 24.7 Å². The van der Waals surface area contributed by atoms with E-state index in [1.165, 1.54) is 12.1 Å². The van der Waals surface area contributed by atoms with Crippen molar-refractivity contribution in [2.45, 2.75) is 30.7 Å². The van der Waals surface area contributed by atoms with Crippen LogP contribution in [0.25, 0.3) is 0 Å². The Kier molecular flexibility index (Phi) is 5.82. The molecule has 2 aromatic rings. The Balaban J connectivity index is 1.59. The second-order valence-electron chi connectivity index (χ2n) is 6.97. The van der Waals surface area contributed by atoms with Crippen molar-refractivity contribution in [3.8, 4) is 0 Å². The van der Waals surface area contributed by atoms with Crippen LogP contribution >= 0.6 is 11.6 Å². The van der Waals surface area contributed by atoms with Crippen molar-refractivity contribution in [1.82, 2.24) is 4.90 Å². The van der Waals surface area contributed by atoms with E-state index in [0.29, 0.717) is 43.1 Å². The lowest BCUT2D eigenvalue weighted by atomic mass is 9.84. The van der Waals surface area contributed by atoms with Gasteiger partial charge in [-0.2, -0.15) is 13.2 Å². The highest BCUT2D eigenvalue weighted by Gasteiger charge is 2.36. The van der Waals surface area contributed by atoms with Crippen molar-refractivity contribution in [2.24, 2.45) is 0 Å². The third-order valence-electron chi connectivity index (χ3n) is 5.12. The summed E-state index contributed by atoms with van der Waals surface area (Å²) in [6.07, 6.45) is -4.26. The van der Waals surface area contributed by atoms with Gasteiger partial charge in [-0.15, -0.1) is 0 Å². The first kappa shape index (κ1) is 20.1. The maximum atomic E-state index is 12.7. The highest BCUT2D eigenvalue weighted by molar-refractivity contribution is 6.30. The maximum absolute atomic E-state index is 12.7. The fourth-order valence-corrected chi connectivity index (χ4v) is 3.52. The van der Waals surface area contributed by atoms with E-state index < -0.39 is 23.4 Å². The van der Waals surface area contributed by atoms with E-state index in [1.54, 1.807) is 24.3 Å². The molecular formula is C20H21ClF3NO2. The molecule has 1 atom stereocenters. The number of hydrogen-bond donors (Lipinski definition) is 2. The van der Waals surface area contributed by atoms with Gasteiger partial charge in [-0.1, -0.05) is 35.9 Å². The monoisotopic (exact) mass is 399 g/mol. The molecule has 0 bridgehead atoms. The Hall–Kier alpha value is -1.60. The van der Waals surface area contributed by atoms with E-state index >= 15 is 0 Å². The summed E-state index contributed by atoms with van der Waals surface area (Å²) in [5.74, 6) is 0. The fourth-order valence-electron chi connectivity index (χ4n) is 3.40. The van der Waals surface area contributed by atoms with Crippen molar-refractivity contribution < 1.29 is 23.4 Å². The van der Waals surface area contributed by atoms with Crippen molar-refractivity contribution in [3.05, 3.63) is 70.2 Å². The number of likely N-dealkylation sites (tertiary alicyclic amines) is 1. The SMILES string of the molecule is OC(CN1CCC(O)(c2ccc(C(F)(F)F)cc2)CC1)c1ccc(Cl)cc1. The molecule has 7 heteroatoms. The van der Waals surface area contributed by atoms with Gasteiger partial charge in [0.2, 0.25) is 0 Å². The molecule has 27 heavy (non-hydrogen) atoms. The average Bonchev–Trinajstić information content (AvgIpc) is 2.64. The van der Waals surface area contributed by atoms with Crippen molar-refractivity contribution in [3.63, 3.8) is 0 Å². The Morgan fingerprint density at radius 2 is 1.56 bits per heavy atom. The zero-order valence-corrected chi connectivity index (χ0v) is 15.3. The summed E-state index contributed by atoms with van der Waals surface area (Å²) in [6, 6.07) is 11.7. The Morgan fingerprint density at radius 1 is 1.00 bits per heavy atom. The zero-order chi connectivity index (χ0) is 19.7. The summed E-state index contributed by atoms with van der Waals surface area (Å²) in [7, 11) is 0. The van der Waals surface area contributed by atoms with Gasteiger partial charge in [0.1, 0.15) is 0 Å². The van der Waals surface area contributed by atoms with E-state index in [-0.39, 0.29) is 0 Å². The van der Waals surface area contributed by atoms with Gasteiger partial charge in [0.05, 0.1) is 17.3 Å². The van der Waals surface area contributed by atoms with Crippen LogP contribution in [0.4, 0.5) is 13.2 Å². The number of hydrogen-bond acceptors (Lipinski definition) is 3. The predicted molar refractivity (Wildman–Crippen MR) is 97.4 cm³/mol. The summed E-state index contributed by atoms with van der Waals surface area (Å²) in [5.41, 5.74) is -0.610. The molecule has 3 rings (SSSR count). The number of rotatable bonds is 4. The molecule has 0 aliphatic carbocycles. The molecular weight excluding hydrogens is 379 g/mol. The molecule has 1 aliphatic rings.